The second kappa shape index (κ2) is 6.95. The van der Waals surface area contributed by atoms with Crippen LogP contribution in [0.1, 0.15) is 53.0 Å². The highest BCUT2D eigenvalue weighted by molar-refractivity contribution is 5.38. The van der Waals surface area contributed by atoms with Gasteiger partial charge in [0, 0.05) is 11.6 Å². The maximum Gasteiger partial charge on any atom is 0.101 e. The van der Waals surface area contributed by atoms with Crippen LogP contribution in [0.25, 0.3) is 0 Å². The Hall–Kier alpha value is -1.54. The van der Waals surface area contributed by atoms with Crippen LogP contribution in [-0.4, -0.2) is 6.54 Å². The number of rotatable bonds is 6. The lowest BCUT2D eigenvalue weighted by atomic mass is 9.92. The quantitative estimate of drug-likeness (QED) is 0.825. The summed E-state index contributed by atoms with van der Waals surface area (Å²) in [6, 6.07) is 7.02. The molecule has 1 unspecified atom stereocenters. The minimum atomic E-state index is 0.322. The van der Waals surface area contributed by atoms with Crippen LogP contribution in [0.15, 0.2) is 28.9 Å². The normalized spacial score (nSPS) is 12.6. The van der Waals surface area contributed by atoms with Crippen molar-refractivity contribution in [2.45, 2.75) is 53.5 Å². The lowest BCUT2D eigenvalue weighted by Gasteiger charge is -2.20. The SMILES string of the molecule is CCCNC(Cc1c(C)cc(C)cc1C)c1coc(C)c1. The molecule has 114 valence electrons. The molecule has 1 N–H and O–H groups in total. The standard InChI is InChI=1S/C19H27NO/c1-6-7-20-19(17-10-16(5)21-12-17)11-18-14(3)8-13(2)9-15(18)4/h8-10,12,19-20H,6-7,11H2,1-5H3. The highest BCUT2D eigenvalue weighted by Crippen LogP contribution is 2.25. The first-order valence-corrected chi connectivity index (χ1v) is 7.86. The van der Waals surface area contributed by atoms with Crippen molar-refractivity contribution in [2.75, 3.05) is 6.54 Å². The maximum absolute atomic E-state index is 5.50. The van der Waals surface area contributed by atoms with Gasteiger partial charge in [-0.1, -0.05) is 24.6 Å². The Morgan fingerprint density at radius 2 is 1.71 bits per heavy atom. The van der Waals surface area contributed by atoms with Crippen molar-refractivity contribution in [1.29, 1.82) is 0 Å². The van der Waals surface area contributed by atoms with Gasteiger partial charge in [-0.2, -0.15) is 0 Å². The minimum Gasteiger partial charge on any atom is -0.469 e. The predicted octanol–water partition coefficient (Wildman–Crippen LogP) is 4.80. The van der Waals surface area contributed by atoms with Gasteiger partial charge >= 0.3 is 0 Å². The first kappa shape index (κ1) is 15.8. The second-order valence-electron chi connectivity index (χ2n) is 6.08. The molecule has 0 radical (unpaired) electrons. The molecule has 2 aromatic rings. The monoisotopic (exact) mass is 285 g/mol. The van der Waals surface area contributed by atoms with E-state index in [0.29, 0.717) is 6.04 Å². The molecule has 21 heavy (non-hydrogen) atoms. The van der Waals surface area contributed by atoms with E-state index in [1.807, 2.05) is 13.2 Å². The second-order valence-corrected chi connectivity index (χ2v) is 6.08. The molecular formula is C19H27NO. The fourth-order valence-corrected chi connectivity index (χ4v) is 3.01. The zero-order valence-corrected chi connectivity index (χ0v) is 13.9. The number of furan rings is 1. The molecule has 1 atom stereocenters. The zero-order chi connectivity index (χ0) is 15.4. The summed E-state index contributed by atoms with van der Waals surface area (Å²) in [5.41, 5.74) is 6.81. The van der Waals surface area contributed by atoms with E-state index in [1.54, 1.807) is 0 Å². The molecule has 0 bridgehead atoms. The number of hydrogen-bond donors (Lipinski definition) is 1. The summed E-state index contributed by atoms with van der Waals surface area (Å²) in [6.07, 6.45) is 4.04. The van der Waals surface area contributed by atoms with Crippen LogP contribution >= 0.6 is 0 Å². The molecule has 1 heterocycles. The van der Waals surface area contributed by atoms with Crippen molar-refractivity contribution in [3.05, 3.63) is 58.0 Å². The Morgan fingerprint density at radius 3 is 2.24 bits per heavy atom. The van der Waals surface area contributed by atoms with E-state index < -0.39 is 0 Å². The van der Waals surface area contributed by atoms with Crippen LogP contribution < -0.4 is 5.32 Å². The van der Waals surface area contributed by atoms with Gasteiger partial charge in [0.1, 0.15) is 5.76 Å². The summed E-state index contributed by atoms with van der Waals surface area (Å²) in [6.45, 7) is 11.8. The van der Waals surface area contributed by atoms with Gasteiger partial charge in [0.25, 0.3) is 0 Å². The van der Waals surface area contributed by atoms with Gasteiger partial charge in [0.2, 0.25) is 0 Å². The average Bonchev–Trinajstić information content (AvgIpc) is 2.83. The van der Waals surface area contributed by atoms with Crippen molar-refractivity contribution in [3.63, 3.8) is 0 Å². The molecule has 2 heteroatoms. The lowest BCUT2D eigenvalue weighted by molar-refractivity contribution is 0.502. The fraction of sp³-hybridized carbons (Fsp3) is 0.474. The van der Waals surface area contributed by atoms with Gasteiger partial charge < -0.3 is 9.73 Å². The van der Waals surface area contributed by atoms with Crippen LogP contribution in [0, 0.1) is 27.7 Å². The van der Waals surface area contributed by atoms with E-state index in [9.17, 15) is 0 Å². The molecule has 1 aromatic carbocycles. The van der Waals surface area contributed by atoms with E-state index >= 15 is 0 Å². The average molecular weight is 285 g/mol. The summed E-state index contributed by atoms with van der Waals surface area (Å²) < 4.78 is 5.50. The molecule has 0 amide bonds. The molecule has 0 saturated carbocycles. The van der Waals surface area contributed by atoms with Gasteiger partial charge in [-0.15, -0.1) is 0 Å². The lowest BCUT2D eigenvalue weighted by Crippen LogP contribution is -2.24. The molecule has 0 saturated heterocycles. The first-order chi connectivity index (χ1) is 10.0. The largest absolute Gasteiger partial charge is 0.469 e. The molecule has 0 aliphatic rings. The van der Waals surface area contributed by atoms with Crippen LogP contribution in [0.5, 0.6) is 0 Å². The van der Waals surface area contributed by atoms with E-state index in [1.165, 1.54) is 27.8 Å². The summed E-state index contributed by atoms with van der Waals surface area (Å²) in [5.74, 6) is 0.977. The fourth-order valence-electron chi connectivity index (χ4n) is 3.01. The molecular weight excluding hydrogens is 258 g/mol. The van der Waals surface area contributed by atoms with Crippen LogP contribution in [0.3, 0.4) is 0 Å². The van der Waals surface area contributed by atoms with Crippen molar-refractivity contribution in [1.82, 2.24) is 5.32 Å². The minimum absolute atomic E-state index is 0.322. The van der Waals surface area contributed by atoms with Crippen LogP contribution in [-0.2, 0) is 6.42 Å². The summed E-state index contributed by atoms with van der Waals surface area (Å²) in [4.78, 5) is 0. The van der Waals surface area contributed by atoms with E-state index in [-0.39, 0.29) is 0 Å². The van der Waals surface area contributed by atoms with Crippen molar-refractivity contribution >= 4 is 0 Å². The van der Waals surface area contributed by atoms with E-state index in [2.05, 4.69) is 51.2 Å². The smallest absolute Gasteiger partial charge is 0.101 e. The van der Waals surface area contributed by atoms with Crippen LogP contribution in [0.4, 0.5) is 0 Å². The topological polar surface area (TPSA) is 25.2 Å². The van der Waals surface area contributed by atoms with Crippen molar-refractivity contribution < 1.29 is 4.42 Å². The van der Waals surface area contributed by atoms with Gasteiger partial charge in [-0.25, -0.2) is 0 Å². The van der Waals surface area contributed by atoms with Gasteiger partial charge in [-0.05, 0) is 69.8 Å². The van der Waals surface area contributed by atoms with Crippen LogP contribution in [0.2, 0.25) is 0 Å². The Kier molecular flexibility index (Phi) is 5.24. The molecule has 0 fully saturated rings. The maximum atomic E-state index is 5.50. The highest BCUT2D eigenvalue weighted by Gasteiger charge is 2.16. The Labute approximate surface area is 128 Å². The number of nitrogens with one attached hydrogen (secondary N) is 1. The molecule has 2 rings (SSSR count). The molecule has 2 nitrogen and oxygen atoms in total. The Bertz CT molecular complexity index is 574. The molecule has 0 spiro atoms. The third-order valence-electron chi connectivity index (χ3n) is 4.04. The highest BCUT2D eigenvalue weighted by atomic mass is 16.3. The summed E-state index contributed by atoms with van der Waals surface area (Å²) in [5, 5.41) is 3.66. The first-order valence-electron chi connectivity index (χ1n) is 7.86. The molecule has 0 aliphatic heterocycles. The number of benzene rings is 1. The summed E-state index contributed by atoms with van der Waals surface area (Å²) >= 11 is 0. The van der Waals surface area contributed by atoms with Crippen molar-refractivity contribution in [3.8, 4) is 0 Å². The van der Waals surface area contributed by atoms with Gasteiger partial charge in [0.15, 0.2) is 0 Å². The molecule has 0 aliphatic carbocycles. The predicted molar refractivity (Wildman–Crippen MR) is 88.8 cm³/mol. The zero-order valence-electron chi connectivity index (χ0n) is 13.9. The number of aryl methyl sites for hydroxylation is 4. The third-order valence-corrected chi connectivity index (χ3v) is 4.04. The van der Waals surface area contributed by atoms with Gasteiger partial charge in [0.05, 0.1) is 6.26 Å². The number of hydrogen-bond acceptors (Lipinski definition) is 2. The Balaban J connectivity index is 2.27. The third kappa shape index (κ3) is 3.98. The van der Waals surface area contributed by atoms with E-state index in [4.69, 9.17) is 4.42 Å². The van der Waals surface area contributed by atoms with Gasteiger partial charge in [-0.3, -0.25) is 0 Å². The Morgan fingerprint density at radius 1 is 1.05 bits per heavy atom. The van der Waals surface area contributed by atoms with E-state index in [0.717, 1.165) is 25.1 Å². The molecule has 1 aromatic heterocycles. The summed E-state index contributed by atoms with van der Waals surface area (Å²) in [7, 11) is 0. The van der Waals surface area contributed by atoms with Crippen molar-refractivity contribution in [2.24, 2.45) is 0 Å².